The molecule has 7 heteroatoms. The molecular weight excluding hydrogens is 260 g/mol. The molecule has 2 aromatic heterocycles. The molecule has 2 heterocycles. The number of hydrogen-bond acceptors (Lipinski definition) is 5. The average Bonchev–Trinajstić information content (AvgIpc) is 2.79. The minimum Gasteiger partial charge on any atom is -0.469 e. The largest absolute Gasteiger partial charge is 0.469 e. The highest BCUT2D eigenvalue weighted by Crippen LogP contribution is 1.96. The van der Waals surface area contributed by atoms with Gasteiger partial charge < -0.3 is 9.64 Å². The summed E-state index contributed by atoms with van der Waals surface area (Å²) >= 11 is 0. The fraction of sp³-hybridized carbons (Fsp3) is 0.462. The first kappa shape index (κ1) is 14.3. The molecule has 0 fully saturated rings. The van der Waals surface area contributed by atoms with Crippen LogP contribution in [0.4, 0.5) is 0 Å². The summed E-state index contributed by atoms with van der Waals surface area (Å²) in [6, 6.07) is 5.43. The number of likely N-dealkylation sites (N-methyl/N-ethyl adjacent to an activating group) is 1. The third-order valence-corrected chi connectivity index (χ3v) is 3.11. The Labute approximate surface area is 116 Å². The first-order valence-corrected chi connectivity index (χ1v) is 6.41. The van der Waals surface area contributed by atoms with Crippen LogP contribution < -0.4 is 5.69 Å². The molecule has 0 saturated heterocycles. The van der Waals surface area contributed by atoms with Crippen LogP contribution in [0.15, 0.2) is 29.2 Å². The fourth-order valence-electron chi connectivity index (χ4n) is 1.88. The van der Waals surface area contributed by atoms with Crippen LogP contribution in [0.25, 0.3) is 5.65 Å². The third-order valence-electron chi connectivity index (χ3n) is 3.11. The molecule has 0 atom stereocenters. The topological polar surface area (TPSA) is 68.8 Å². The predicted octanol–water partition coefficient (Wildman–Crippen LogP) is -0.00910. The molecule has 0 aliphatic heterocycles. The second-order valence-electron chi connectivity index (χ2n) is 4.56. The van der Waals surface area contributed by atoms with Gasteiger partial charge in [-0.05, 0) is 19.2 Å². The Morgan fingerprint density at radius 1 is 1.40 bits per heavy atom. The molecule has 0 radical (unpaired) electrons. The van der Waals surface area contributed by atoms with Gasteiger partial charge in [-0.3, -0.25) is 9.20 Å². The molecule has 0 aromatic carbocycles. The van der Waals surface area contributed by atoms with E-state index in [2.05, 4.69) is 9.84 Å². The van der Waals surface area contributed by atoms with Crippen molar-refractivity contribution in [1.29, 1.82) is 0 Å². The van der Waals surface area contributed by atoms with Crippen LogP contribution in [0.1, 0.15) is 6.42 Å². The maximum atomic E-state index is 12.0. The highest BCUT2D eigenvalue weighted by atomic mass is 16.5. The number of fused-ring (bicyclic) bond motifs is 1. The molecule has 0 aliphatic rings. The number of hydrogen-bond donors (Lipinski definition) is 0. The maximum Gasteiger partial charge on any atom is 0.350 e. The molecule has 0 saturated carbocycles. The van der Waals surface area contributed by atoms with Gasteiger partial charge in [0.1, 0.15) is 0 Å². The second-order valence-corrected chi connectivity index (χ2v) is 4.56. The first-order chi connectivity index (χ1) is 9.61. The van der Waals surface area contributed by atoms with Crippen molar-refractivity contribution in [2.45, 2.75) is 13.0 Å². The monoisotopic (exact) mass is 278 g/mol. The van der Waals surface area contributed by atoms with E-state index in [4.69, 9.17) is 0 Å². The van der Waals surface area contributed by atoms with Gasteiger partial charge in [-0.25, -0.2) is 9.48 Å². The number of esters is 1. The second kappa shape index (κ2) is 6.33. The number of pyridine rings is 1. The molecule has 7 nitrogen and oxygen atoms in total. The van der Waals surface area contributed by atoms with Gasteiger partial charge in [0.2, 0.25) is 0 Å². The molecular formula is C13H18N4O3. The summed E-state index contributed by atoms with van der Waals surface area (Å²) in [5.74, 6) is -0.234. The van der Waals surface area contributed by atoms with E-state index < -0.39 is 0 Å². The molecule has 0 amide bonds. The van der Waals surface area contributed by atoms with E-state index in [-0.39, 0.29) is 11.7 Å². The zero-order valence-electron chi connectivity index (χ0n) is 11.7. The van der Waals surface area contributed by atoms with Crippen molar-refractivity contribution in [3.05, 3.63) is 34.9 Å². The lowest BCUT2D eigenvalue weighted by atomic mass is 10.4. The lowest BCUT2D eigenvalue weighted by molar-refractivity contribution is -0.140. The van der Waals surface area contributed by atoms with Crippen molar-refractivity contribution in [3.8, 4) is 0 Å². The quantitative estimate of drug-likeness (QED) is 0.695. The highest BCUT2D eigenvalue weighted by molar-refractivity contribution is 5.69. The smallest absolute Gasteiger partial charge is 0.350 e. The van der Waals surface area contributed by atoms with Gasteiger partial charge in [-0.1, -0.05) is 6.07 Å². The zero-order valence-corrected chi connectivity index (χ0v) is 11.7. The Balaban J connectivity index is 1.94. The minimum absolute atomic E-state index is 0.151. The van der Waals surface area contributed by atoms with Crippen LogP contribution in [0.3, 0.4) is 0 Å². The molecule has 0 unspecified atom stereocenters. The van der Waals surface area contributed by atoms with Crippen LogP contribution in [0, 0.1) is 0 Å². The predicted molar refractivity (Wildman–Crippen MR) is 73.6 cm³/mol. The summed E-state index contributed by atoms with van der Waals surface area (Å²) in [7, 11) is 3.27. The Morgan fingerprint density at radius 3 is 2.90 bits per heavy atom. The summed E-state index contributed by atoms with van der Waals surface area (Å²) in [5, 5.41) is 4.24. The number of carbonyl (C=O) groups excluding carboxylic acids is 1. The fourth-order valence-corrected chi connectivity index (χ4v) is 1.88. The van der Waals surface area contributed by atoms with E-state index >= 15 is 0 Å². The summed E-state index contributed by atoms with van der Waals surface area (Å²) in [6.45, 7) is 1.72. The Kier molecular flexibility index (Phi) is 4.52. The number of methoxy groups -OCH3 is 1. The van der Waals surface area contributed by atoms with Crippen LogP contribution in [-0.4, -0.2) is 52.3 Å². The van der Waals surface area contributed by atoms with Crippen LogP contribution in [-0.2, 0) is 16.1 Å². The van der Waals surface area contributed by atoms with Gasteiger partial charge in [-0.2, -0.15) is 0 Å². The van der Waals surface area contributed by atoms with Crippen molar-refractivity contribution >= 4 is 11.6 Å². The molecule has 108 valence electrons. The molecule has 0 bridgehead atoms. The van der Waals surface area contributed by atoms with Crippen LogP contribution in [0.5, 0.6) is 0 Å². The summed E-state index contributed by atoms with van der Waals surface area (Å²) in [5.41, 5.74) is 0.483. The van der Waals surface area contributed by atoms with Gasteiger partial charge in [0.25, 0.3) is 0 Å². The van der Waals surface area contributed by atoms with E-state index in [1.54, 1.807) is 18.3 Å². The van der Waals surface area contributed by atoms with Gasteiger partial charge in [0, 0.05) is 19.3 Å². The molecule has 0 N–H and O–H groups in total. The molecule has 2 rings (SSSR count). The van der Waals surface area contributed by atoms with Crippen LogP contribution in [0.2, 0.25) is 0 Å². The molecule has 0 spiro atoms. The number of aromatic nitrogens is 3. The van der Waals surface area contributed by atoms with E-state index in [1.165, 1.54) is 16.2 Å². The van der Waals surface area contributed by atoms with Crippen molar-refractivity contribution < 1.29 is 9.53 Å². The van der Waals surface area contributed by atoms with E-state index in [0.717, 1.165) is 0 Å². The number of rotatable bonds is 6. The van der Waals surface area contributed by atoms with Crippen molar-refractivity contribution in [2.75, 3.05) is 27.2 Å². The molecule has 0 aliphatic carbocycles. The van der Waals surface area contributed by atoms with Crippen LogP contribution >= 0.6 is 0 Å². The summed E-state index contributed by atoms with van der Waals surface area (Å²) in [4.78, 5) is 25.0. The van der Waals surface area contributed by atoms with Gasteiger partial charge in [0.15, 0.2) is 5.65 Å². The average molecular weight is 278 g/mol. The summed E-state index contributed by atoms with van der Waals surface area (Å²) < 4.78 is 7.53. The Morgan fingerprint density at radius 2 is 2.20 bits per heavy atom. The standard InChI is InChI=1S/C13H18N4O3/c1-15(8-6-12(18)20-2)9-10-17-13(19)16-7-4-3-5-11(16)14-17/h3-5,7H,6,8-10H2,1-2H3. The minimum atomic E-state index is -0.234. The normalized spacial score (nSPS) is 11.2. The zero-order chi connectivity index (χ0) is 14.5. The van der Waals surface area contributed by atoms with E-state index in [0.29, 0.717) is 31.7 Å². The SMILES string of the molecule is COC(=O)CCN(C)CCn1nc2ccccn2c1=O. The van der Waals surface area contributed by atoms with Crippen molar-refractivity contribution in [2.24, 2.45) is 0 Å². The molecule has 20 heavy (non-hydrogen) atoms. The van der Waals surface area contributed by atoms with Crippen molar-refractivity contribution in [1.82, 2.24) is 19.1 Å². The maximum absolute atomic E-state index is 12.0. The first-order valence-electron chi connectivity index (χ1n) is 6.41. The lowest BCUT2D eigenvalue weighted by Gasteiger charge is -2.14. The Hall–Kier alpha value is -2.15. The number of ether oxygens (including phenoxy) is 1. The lowest BCUT2D eigenvalue weighted by Crippen LogP contribution is -2.30. The van der Waals surface area contributed by atoms with Crippen molar-refractivity contribution in [3.63, 3.8) is 0 Å². The van der Waals surface area contributed by atoms with Gasteiger partial charge in [0.05, 0.1) is 20.1 Å². The third kappa shape index (κ3) is 3.24. The van der Waals surface area contributed by atoms with Gasteiger partial charge >= 0.3 is 11.7 Å². The highest BCUT2D eigenvalue weighted by Gasteiger charge is 2.08. The van der Waals surface area contributed by atoms with Gasteiger partial charge in [-0.15, -0.1) is 5.10 Å². The number of nitrogens with zero attached hydrogens (tertiary/aromatic N) is 4. The number of carbonyl (C=O) groups is 1. The molecule has 2 aromatic rings. The van der Waals surface area contributed by atoms with E-state index in [9.17, 15) is 9.59 Å². The summed E-state index contributed by atoms with van der Waals surface area (Å²) in [6.07, 6.45) is 2.04. The van der Waals surface area contributed by atoms with E-state index in [1.807, 2.05) is 18.0 Å². The Bertz CT molecular complexity index is 646.